The molecule has 1 aliphatic rings. The number of benzene rings is 1. The molecule has 0 aliphatic carbocycles. The summed E-state index contributed by atoms with van der Waals surface area (Å²) in [6.45, 7) is 1.62. The molecule has 1 amide bonds. The highest BCUT2D eigenvalue weighted by atomic mass is 32.2. The topological polar surface area (TPSA) is 33.2 Å². The lowest BCUT2D eigenvalue weighted by Gasteiger charge is -2.18. The molecule has 3 nitrogen and oxygen atoms in total. The van der Waals surface area contributed by atoms with E-state index in [1.54, 1.807) is 0 Å². The van der Waals surface area contributed by atoms with Gasteiger partial charge in [-0.3, -0.25) is 4.79 Å². The highest BCUT2D eigenvalue weighted by molar-refractivity contribution is 7.99. The van der Waals surface area contributed by atoms with Gasteiger partial charge < -0.3 is 4.90 Å². The van der Waals surface area contributed by atoms with Gasteiger partial charge in [-0.05, 0) is 30.0 Å². The molecular formula is C17H16N2OS3. The van der Waals surface area contributed by atoms with Crippen LogP contribution in [-0.4, -0.2) is 34.6 Å². The number of rotatable bonds is 2. The van der Waals surface area contributed by atoms with Gasteiger partial charge in [-0.1, -0.05) is 18.2 Å². The number of hydrogen-bond donors (Lipinski definition) is 0. The Labute approximate surface area is 147 Å². The number of hydrogen-bond acceptors (Lipinski definition) is 5. The predicted molar refractivity (Wildman–Crippen MR) is 99.7 cm³/mol. The Morgan fingerprint density at radius 3 is 2.91 bits per heavy atom. The third-order valence-electron chi connectivity index (χ3n) is 3.97. The number of aromatic nitrogens is 1. The standard InChI is InChI=1S/C17H16N2OS3/c20-17(16-18-12-4-1-2-5-13(12)23-16)19-8-7-15(22-11-9-19)14-6-3-10-21-14/h1-6,10,15H,7-9,11H2/t15-/m1/s1. The second-order valence-corrected chi connectivity index (χ2v) is 8.76. The Hall–Kier alpha value is -1.37. The van der Waals surface area contributed by atoms with Crippen LogP contribution >= 0.6 is 34.4 Å². The summed E-state index contributed by atoms with van der Waals surface area (Å²) in [5.74, 6) is 1.07. The van der Waals surface area contributed by atoms with E-state index in [2.05, 4.69) is 22.5 Å². The number of thiophene rings is 1. The highest BCUT2D eigenvalue weighted by Gasteiger charge is 2.25. The first kappa shape index (κ1) is 15.2. The SMILES string of the molecule is O=C(c1nc2ccccc2s1)N1CCS[C@@H](c2cccs2)CC1. The molecule has 1 aromatic carbocycles. The van der Waals surface area contributed by atoms with E-state index >= 15 is 0 Å². The van der Waals surface area contributed by atoms with Crippen molar-refractivity contribution >= 4 is 50.6 Å². The van der Waals surface area contributed by atoms with Crippen molar-refractivity contribution in [1.29, 1.82) is 0 Å². The van der Waals surface area contributed by atoms with Gasteiger partial charge in [0, 0.05) is 29.0 Å². The van der Waals surface area contributed by atoms with Crippen LogP contribution in [-0.2, 0) is 0 Å². The van der Waals surface area contributed by atoms with Crippen LogP contribution in [0, 0.1) is 0 Å². The van der Waals surface area contributed by atoms with Crippen LogP contribution in [0.3, 0.4) is 0 Å². The Balaban J connectivity index is 1.50. The first-order valence-corrected chi connectivity index (χ1v) is 10.4. The molecule has 0 bridgehead atoms. The van der Waals surface area contributed by atoms with Crippen molar-refractivity contribution in [2.24, 2.45) is 0 Å². The first-order valence-electron chi connectivity index (χ1n) is 7.61. The zero-order valence-corrected chi connectivity index (χ0v) is 14.9. The van der Waals surface area contributed by atoms with Gasteiger partial charge in [0.25, 0.3) is 5.91 Å². The summed E-state index contributed by atoms with van der Waals surface area (Å²) in [6, 6.07) is 12.2. The molecule has 3 aromatic rings. The van der Waals surface area contributed by atoms with Gasteiger partial charge in [0.2, 0.25) is 0 Å². The van der Waals surface area contributed by atoms with Crippen LogP contribution in [0.15, 0.2) is 41.8 Å². The first-order chi connectivity index (χ1) is 11.3. The van der Waals surface area contributed by atoms with Crippen LogP contribution in [0.1, 0.15) is 26.4 Å². The minimum absolute atomic E-state index is 0.0821. The van der Waals surface area contributed by atoms with E-state index in [9.17, 15) is 4.79 Å². The third kappa shape index (κ3) is 3.16. The molecule has 0 spiro atoms. The number of nitrogens with zero attached hydrogens (tertiary/aromatic N) is 2. The quantitative estimate of drug-likeness (QED) is 0.665. The average molecular weight is 361 g/mol. The largest absolute Gasteiger partial charge is 0.336 e. The van der Waals surface area contributed by atoms with Gasteiger partial charge in [0.05, 0.1) is 10.2 Å². The van der Waals surface area contributed by atoms with E-state index in [0.29, 0.717) is 10.3 Å². The van der Waals surface area contributed by atoms with E-state index < -0.39 is 0 Å². The summed E-state index contributed by atoms with van der Waals surface area (Å²) >= 11 is 5.27. The zero-order chi connectivity index (χ0) is 15.6. The summed E-state index contributed by atoms with van der Waals surface area (Å²) in [6.07, 6.45) is 1.02. The summed E-state index contributed by atoms with van der Waals surface area (Å²) in [7, 11) is 0. The fourth-order valence-electron chi connectivity index (χ4n) is 2.77. The molecule has 0 N–H and O–H groups in total. The number of thiazole rings is 1. The number of carbonyl (C=O) groups is 1. The van der Waals surface area contributed by atoms with Crippen molar-refractivity contribution in [1.82, 2.24) is 9.88 Å². The summed E-state index contributed by atoms with van der Waals surface area (Å²) < 4.78 is 1.08. The molecule has 0 radical (unpaired) electrons. The number of thioether (sulfide) groups is 1. The molecule has 1 saturated heterocycles. The molecule has 23 heavy (non-hydrogen) atoms. The Morgan fingerprint density at radius 2 is 2.09 bits per heavy atom. The maximum Gasteiger partial charge on any atom is 0.282 e. The number of carbonyl (C=O) groups excluding carboxylic acids is 1. The van der Waals surface area contributed by atoms with Crippen LogP contribution in [0.5, 0.6) is 0 Å². The van der Waals surface area contributed by atoms with Crippen molar-refractivity contribution < 1.29 is 4.79 Å². The molecule has 1 atom stereocenters. The number of amides is 1. The molecule has 118 valence electrons. The van der Waals surface area contributed by atoms with Crippen molar-refractivity contribution in [2.75, 3.05) is 18.8 Å². The lowest BCUT2D eigenvalue weighted by Crippen LogP contribution is -2.32. The fourth-order valence-corrected chi connectivity index (χ4v) is 5.94. The lowest BCUT2D eigenvalue weighted by molar-refractivity contribution is 0.0766. The van der Waals surface area contributed by atoms with Crippen LogP contribution in [0.4, 0.5) is 0 Å². The Kier molecular flexibility index (Phi) is 4.37. The molecule has 0 unspecified atom stereocenters. The predicted octanol–water partition coefficient (Wildman–Crippen LogP) is 4.68. The fraction of sp³-hybridized carbons (Fsp3) is 0.294. The van der Waals surface area contributed by atoms with Gasteiger partial charge in [0.1, 0.15) is 0 Å². The number of para-hydroxylation sites is 1. The molecule has 6 heteroatoms. The average Bonchev–Trinajstić information content (AvgIpc) is 3.19. The molecule has 1 fully saturated rings. The van der Waals surface area contributed by atoms with Crippen molar-refractivity contribution in [3.63, 3.8) is 0 Å². The Bertz CT molecular complexity index is 779. The van der Waals surface area contributed by atoms with Crippen molar-refractivity contribution in [3.05, 3.63) is 51.7 Å². The van der Waals surface area contributed by atoms with Crippen LogP contribution in [0.25, 0.3) is 10.2 Å². The third-order valence-corrected chi connectivity index (χ3v) is 7.44. The zero-order valence-electron chi connectivity index (χ0n) is 12.5. The Morgan fingerprint density at radius 1 is 1.17 bits per heavy atom. The van der Waals surface area contributed by atoms with Crippen molar-refractivity contribution in [3.8, 4) is 0 Å². The molecule has 0 saturated carbocycles. The van der Waals surface area contributed by atoms with Crippen molar-refractivity contribution in [2.45, 2.75) is 11.7 Å². The van der Waals surface area contributed by atoms with Gasteiger partial charge >= 0.3 is 0 Å². The second kappa shape index (κ2) is 6.63. The maximum atomic E-state index is 12.8. The van der Waals surface area contributed by atoms with E-state index in [-0.39, 0.29) is 5.91 Å². The lowest BCUT2D eigenvalue weighted by atomic mass is 10.2. The van der Waals surface area contributed by atoms with Gasteiger partial charge in [-0.15, -0.1) is 22.7 Å². The van der Waals surface area contributed by atoms with E-state index in [1.807, 2.05) is 52.3 Å². The van der Waals surface area contributed by atoms with Gasteiger partial charge in [-0.2, -0.15) is 11.8 Å². The normalized spacial score (nSPS) is 19.0. The van der Waals surface area contributed by atoms with Gasteiger partial charge in [-0.25, -0.2) is 4.98 Å². The highest BCUT2D eigenvalue weighted by Crippen LogP contribution is 2.37. The van der Waals surface area contributed by atoms with E-state index in [1.165, 1.54) is 16.2 Å². The second-order valence-electron chi connectivity index (χ2n) is 5.44. The van der Waals surface area contributed by atoms with Gasteiger partial charge in [0.15, 0.2) is 5.01 Å². The summed E-state index contributed by atoms with van der Waals surface area (Å²) in [4.78, 5) is 20.7. The molecule has 4 rings (SSSR count). The molecule has 3 heterocycles. The van der Waals surface area contributed by atoms with Crippen LogP contribution in [0.2, 0.25) is 0 Å². The van der Waals surface area contributed by atoms with Crippen LogP contribution < -0.4 is 0 Å². The molecular weight excluding hydrogens is 344 g/mol. The molecule has 2 aromatic heterocycles. The van der Waals surface area contributed by atoms with E-state index in [0.717, 1.165) is 35.5 Å². The number of fused-ring (bicyclic) bond motifs is 1. The maximum absolute atomic E-state index is 12.8. The monoisotopic (exact) mass is 360 g/mol. The summed E-state index contributed by atoms with van der Waals surface area (Å²) in [5.41, 5.74) is 0.918. The summed E-state index contributed by atoms with van der Waals surface area (Å²) in [5, 5.41) is 3.26. The minimum atomic E-state index is 0.0821. The smallest absolute Gasteiger partial charge is 0.282 e. The minimum Gasteiger partial charge on any atom is -0.336 e. The van der Waals surface area contributed by atoms with E-state index in [4.69, 9.17) is 0 Å². The molecule has 1 aliphatic heterocycles.